The van der Waals surface area contributed by atoms with Crippen LogP contribution in [0.25, 0.3) is 0 Å². The smallest absolute Gasteiger partial charge is 0.148 e. The first kappa shape index (κ1) is 12.8. The fraction of sp³-hybridized carbons (Fsp3) is 0.250. The average Bonchev–Trinajstić information content (AvgIpc) is 2.46. The largest absolute Gasteiger partial charge is 0.371 e. The molecule has 2 rings (SSSR count). The molecule has 0 spiro atoms. The van der Waals surface area contributed by atoms with Gasteiger partial charge >= 0.3 is 0 Å². The van der Waals surface area contributed by atoms with Crippen molar-refractivity contribution in [2.45, 2.75) is 19.1 Å². The summed E-state index contributed by atoms with van der Waals surface area (Å²) in [4.78, 5) is 0. The van der Waals surface area contributed by atoms with Gasteiger partial charge in [-0.3, -0.25) is 0 Å². The van der Waals surface area contributed by atoms with Crippen LogP contribution in [0.15, 0.2) is 60.7 Å². The molecule has 2 atom stereocenters. The Morgan fingerprint density at radius 1 is 0.889 bits per heavy atom. The Bertz CT molecular complexity index is 453. The van der Waals surface area contributed by atoms with Gasteiger partial charge in [0.2, 0.25) is 0 Å². The summed E-state index contributed by atoms with van der Waals surface area (Å²) in [5.74, 6) is 0. The number of hydrogen-bond donors (Lipinski definition) is 0. The molecule has 2 aromatic carbocycles. The van der Waals surface area contributed by atoms with Crippen molar-refractivity contribution in [3.8, 4) is 0 Å². The molecule has 0 aliphatic carbocycles. The van der Waals surface area contributed by atoms with E-state index in [9.17, 15) is 5.11 Å². The third-order valence-electron chi connectivity index (χ3n) is 2.88. The predicted molar refractivity (Wildman–Crippen MR) is 70.7 cm³/mol. The minimum Gasteiger partial charge on any atom is -0.371 e. The Morgan fingerprint density at radius 2 is 1.39 bits per heavy atom. The van der Waals surface area contributed by atoms with Crippen LogP contribution in [0.4, 0.5) is 0 Å². The van der Waals surface area contributed by atoms with Crippen LogP contribution in [-0.2, 0) is 9.84 Å². The van der Waals surface area contributed by atoms with Crippen LogP contribution < -0.4 is 0 Å². The molecule has 0 saturated heterocycles. The Kier molecular flexibility index (Phi) is 4.51. The molecule has 1 radical (unpaired) electrons. The highest BCUT2D eigenvalue weighted by Gasteiger charge is 2.24. The van der Waals surface area contributed by atoms with Crippen LogP contribution in [0.2, 0.25) is 0 Å². The normalized spacial score (nSPS) is 14.1. The van der Waals surface area contributed by atoms with Crippen LogP contribution in [-0.4, -0.2) is 6.61 Å². The quantitative estimate of drug-likeness (QED) is 0.779. The third kappa shape index (κ3) is 2.97. The van der Waals surface area contributed by atoms with Crippen LogP contribution in [0.3, 0.4) is 0 Å². The summed E-state index contributed by atoms with van der Waals surface area (Å²) in [5, 5.41) is 12.5. The summed E-state index contributed by atoms with van der Waals surface area (Å²) < 4.78 is 5.63. The number of benzene rings is 2. The van der Waals surface area contributed by atoms with Crippen LogP contribution in [0, 0.1) is 0 Å². The monoisotopic (exact) mass is 241 g/mol. The Labute approximate surface area is 108 Å². The molecule has 2 heteroatoms. The van der Waals surface area contributed by atoms with Gasteiger partial charge in [-0.25, -0.2) is 5.11 Å². The molecule has 2 unspecified atom stereocenters. The van der Waals surface area contributed by atoms with Crippen LogP contribution >= 0.6 is 0 Å². The second-order valence-corrected chi connectivity index (χ2v) is 4.12. The highest BCUT2D eigenvalue weighted by molar-refractivity contribution is 5.24. The highest BCUT2D eigenvalue weighted by atomic mass is 16.5. The van der Waals surface area contributed by atoms with Crippen molar-refractivity contribution in [2.75, 3.05) is 6.61 Å². The zero-order chi connectivity index (χ0) is 12.8. The van der Waals surface area contributed by atoms with Crippen LogP contribution in [0.5, 0.6) is 0 Å². The zero-order valence-electron chi connectivity index (χ0n) is 10.5. The number of ether oxygens (including phenoxy) is 1. The molecular weight excluding hydrogens is 224 g/mol. The molecule has 0 aromatic heterocycles. The predicted octanol–water partition coefficient (Wildman–Crippen LogP) is 3.94. The molecule has 2 aromatic rings. The average molecular weight is 241 g/mol. The molecule has 0 saturated carbocycles. The summed E-state index contributed by atoms with van der Waals surface area (Å²) in [5.41, 5.74) is 1.70. The molecule has 2 nitrogen and oxygen atoms in total. The molecule has 0 fully saturated rings. The van der Waals surface area contributed by atoms with E-state index in [1.165, 1.54) is 0 Å². The summed E-state index contributed by atoms with van der Waals surface area (Å²) in [6, 6.07) is 19.1. The van der Waals surface area contributed by atoms with Crippen molar-refractivity contribution in [3.63, 3.8) is 0 Å². The molecule has 0 aliphatic heterocycles. The van der Waals surface area contributed by atoms with Crippen molar-refractivity contribution in [1.29, 1.82) is 0 Å². The van der Waals surface area contributed by atoms with E-state index in [1.54, 1.807) is 0 Å². The fourth-order valence-electron chi connectivity index (χ4n) is 2.00. The van der Waals surface area contributed by atoms with Crippen molar-refractivity contribution >= 4 is 0 Å². The van der Waals surface area contributed by atoms with Gasteiger partial charge in [0.1, 0.15) is 12.2 Å². The SMILES string of the molecule is CCOC(c1ccccc1)C([O])c1ccccc1. The zero-order valence-corrected chi connectivity index (χ0v) is 10.5. The Hall–Kier alpha value is -1.64. The molecule has 0 aliphatic rings. The molecular formula is C16H17O2. The van der Waals surface area contributed by atoms with Gasteiger partial charge in [0.05, 0.1) is 0 Å². The summed E-state index contributed by atoms with van der Waals surface area (Å²) in [6.07, 6.45) is -1.33. The first-order valence-electron chi connectivity index (χ1n) is 6.20. The molecule has 0 heterocycles. The van der Waals surface area contributed by atoms with Crippen molar-refractivity contribution in [3.05, 3.63) is 71.8 Å². The van der Waals surface area contributed by atoms with Gasteiger partial charge in [0.15, 0.2) is 0 Å². The van der Waals surface area contributed by atoms with E-state index in [0.29, 0.717) is 6.61 Å². The first-order valence-corrected chi connectivity index (χ1v) is 6.20. The van der Waals surface area contributed by atoms with Gasteiger partial charge in [-0.2, -0.15) is 0 Å². The van der Waals surface area contributed by atoms with Gasteiger partial charge < -0.3 is 4.74 Å². The van der Waals surface area contributed by atoms with E-state index in [4.69, 9.17) is 4.74 Å². The standard InChI is InChI=1S/C16H17O2/c1-2-18-16(14-11-7-4-8-12-14)15(17)13-9-5-3-6-10-13/h3-12,15-16H,2H2,1H3. The van der Waals surface area contributed by atoms with E-state index in [1.807, 2.05) is 67.6 Å². The molecule has 0 amide bonds. The fourth-order valence-corrected chi connectivity index (χ4v) is 2.00. The lowest BCUT2D eigenvalue weighted by Gasteiger charge is -2.22. The second-order valence-electron chi connectivity index (χ2n) is 4.12. The third-order valence-corrected chi connectivity index (χ3v) is 2.88. The van der Waals surface area contributed by atoms with Gasteiger partial charge in [-0.15, -0.1) is 0 Å². The maximum absolute atomic E-state index is 12.5. The summed E-state index contributed by atoms with van der Waals surface area (Å²) >= 11 is 0. The minimum absolute atomic E-state index is 0.432. The summed E-state index contributed by atoms with van der Waals surface area (Å²) in [7, 11) is 0. The molecule has 0 N–H and O–H groups in total. The Morgan fingerprint density at radius 3 is 1.89 bits per heavy atom. The Balaban J connectivity index is 2.26. The van der Waals surface area contributed by atoms with Gasteiger partial charge in [-0.1, -0.05) is 60.7 Å². The lowest BCUT2D eigenvalue weighted by Crippen LogP contribution is -2.13. The van der Waals surface area contributed by atoms with Crippen molar-refractivity contribution in [1.82, 2.24) is 0 Å². The lowest BCUT2D eigenvalue weighted by atomic mass is 9.98. The minimum atomic E-state index is -0.895. The van der Waals surface area contributed by atoms with E-state index in [-0.39, 0.29) is 0 Å². The van der Waals surface area contributed by atoms with Gasteiger partial charge in [0, 0.05) is 6.61 Å². The maximum Gasteiger partial charge on any atom is 0.148 e. The highest BCUT2D eigenvalue weighted by Crippen LogP contribution is 2.32. The van der Waals surface area contributed by atoms with Crippen LogP contribution in [0.1, 0.15) is 30.3 Å². The molecule has 0 bridgehead atoms. The van der Waals surface area contributed by atoms with Crippen molar-refractivity contribution in [2.24, 2.45) is 0 Å². The van der Waals surface area contributed by atoms with E-state index in [2.05, 4.69) is 0 Å². The topological polar surface area (TPSA) is 29.1 Å². The molecule has 93 valence electrons. The number of rotatable bonds is 5. The van der Waals surface area contributed by atoms with E-state index < -0.39 is 12.2 Å². The van der Waals surface area contributed by atoms with E-state index >= 15 is 0 Å². The number of hydrogen-bond acceptors (Lipinski definition) is 1. The molecule has 18 heavy (non-hydrogen) atoms. The van der Waals surface area contributed by atoms with Crippen molar-refractivity contribution < 1.29 is 9.84 Å². The second kappa shape index (κ2) is 6.34. The van der Waals surface area contributed by atoms with Gasteiger partial charge in [-0.05, 0) is 18.1 Å². The first-order chi connectivity index (χ1) is 8.83. The lowest BCUT2D eigenvalue weighted by molar-refractivity contribution is -0.0683. The van der Waals surface area contributed by atoms with Gasteiger partial charge in [0.25, 0.3) is 0 Å². The summed E-state index contributed by atoms with van der Waals surface area (Å²) in [6.45, 7) is 2.44. The maximum atomic E-state index is 12.5. The van der Waals surface area contributed by atoms with E-state index in [0.717, 1.165) is 11.1 Å².